The number of benzene rings is 2. The lowest BCUT2D eigenvalue weighted by Crippen LogP contribution is -2.01. The second-order valence-corrected chi connectivity index (χ2v) is 5.60. The first-order valence-corrected chi connectivity index (χ1v) is 6.91. The molecule has 2 rings (SSSR count). The average molecular weight is 323 g/mol. The number of hydrogen-bond acceptors (Lipinski definition) is 1. The van der Waals surface area contributed by atoms with Crippen LogP contribution in [0.4, 0.5) is 4.39 Å². The van der Waals surface area contributed by atoms with Crippen LogP contribution in [0, 0.1) is 26.6 Å². The maximum Gasteiger partial charge on any atom is 0.137 e. The van der Waals surface area contributed by atoms with Crippen LogP contribution in [0.1, 0.15) is 22.3 Å². The maximum absolute atomic E-state index is 13.1. The molecule has 2 aromatic carbocycles. The first kappa shape index (κ1) is 14.1. The molecule has 0 aliphatic carbocycles. The molecular weight excluding hydrogens is 307 g/mol. The number of halogens is 2. The van der Waals surface area contributed by atoms with Crippen molar-refractivity contribution in [2.45, 2.75) is 27.4 Å². The Kier molecular flexibility index (Phi) is 4.25. The topological polar surface area (TPSA) is 9.23 Å². The van der Waals surface area contributed by atoms with Crippen molar-refractivity contribution in [2.75, 3.05) is 0 Å². The van der Waals surface area contributed by atoms with E-state index in [0.717, 1.165) is 0 Å². The molecule has 3 heteroatoms. The molecule has 1 nitrogen and oxygen atoms in total. The van der Waals surface area contributed by atoms with Gasteiger partial charge in [-0.25, -0.2) is 4.39 Å². The number of rotatable bonds is 3. The molecule has 0 saturated heterocycles. The van der Waals surface area contributed by atoms with Gasteiger partial charge in [0.25, 0.3) is 0 Å². The van der Waals surface area contributed by atoms with Crippen LogP contribution < -0.4 is 4.74 Å². The zero-order valence-electron chi connectivity index (χ0n) is 11.3. The van der Waals surface area contributed by atoms with Crippen LogP contribution in [-0.4, -0.2) is 0 Å². The molecule has 0 aromatic heterocycles. The summed E-state index contributed by atoms with van der Waals surface area (Å²) in [5, 5.41) is 0. The Bertz CT molecular complexity index is 585. The van der Waals surface area contributed by atoms with E-state index in [1.807, 2.05) is 0 Å². The van der Waals surface area contributed by atoms with Crippen molar-refractivity contribution in [3.8, 4) is 5.75 Å². The molecule has 0 amide bonds. The lowest BCUT2D eigenvalue weighted by Gasteiger charge is -2.13. The van der Waals surface area contributed by atoms with Gasteiger partial charge < -0.3 is 4.74 Å². The normalized spacial score (nSPS) is 10.6. The van der Waals surface area contributed by atoms with Crippen LogP contribution in [0.15, 0.2) is 34.8 Å². The first-order chi connectivity index (χ1) is 8.97. The second-order valence-electron chi connectivity index (χ2n) is 4.74. The maximum atomic E-state index is 13.1. The molecule has 0 saturated carbocycles. The fraction of sp³-hybridized carbons (Fsp3) is 0.250. The SMILES string of the molecule is Cc1cc(C)c(COc2ccc(F)c(Br)c2)c(C)c1. The van der Waals surface area contributed by atoms with Gasteiger partial charge in [0.15, 0.2) is 0 Å². The first-order valence-electron chi connectivity index (χ1n) is 6.12. The summed E-state index contributed by atoms with van der Waals surface area (Å²) in [6.07, 6.45) is 0. The molecule has 0 spiro atoms. The molecule has 2 aromatic rings. The molecule has 0 N–H and O–H groups in total. The summed E-state index contributed by atoms with van der Waals surface area (Å²) in [4.78, 5) is 0. The van der Waals surface area contributed by atoms with E-state index in [9.17, 15) is 4.39 Å². The highest BCUT2D eigenvalue weighted by Gasteiger charge is 2.06. The van der Waals surface area contributed by atoms with Gasteiger partial charge in [-0.1, -0.05) is 17.7 Å². The van der Waals surface area contributed by atoms with Crippen molar-refractivity contribution >= 4 is 15.9 Å². The highest BCUT2D eigenvalue weighted by atomic mass is 79.9. The van der Waals surface area contributed by atoms with E-state index < -0.39 is 0 Å². The Morgan fingerprint density at radius 1 is 1.05 bits per heavy atom. The van der Waals surface area contributed by atoms with E-state index in [4.69, 9.17) is 4.74 Å². The van der Waals surface area contributed by atoms with Crippen molar-refractivity contribution < 1.29 is 9.13 Å². The van der Waals surface area contributed by atoms with Crippen molar-refractivity contribution in [2.24, 2.45) is 0 Å². The average Bonchev–Trinajstić information content (AvgIpc) is 2.32. The zero-order valence-corrected chi connectivity index (χ0v) is 12.8. The summed E-state index contributed by atoms with van der Waals surface area (Å²) in [6, 6.07) is 8.97. The van der Waals surface area contributed by atoms with E-state index in [1.165, 1.54) is 28.3 Å². The van der Waals surface area contributed by atoms with Crippen molar-refractivity contribution in [3.63, 3.8) is 0 Å². The third kappa shape index (κ3) is 3.35. The fourth-order valence-corrected chi connectivity index (χ4v) is 2.52. The smallest absolute Gasteiger partial charge is 0.137 e. The van der Waals surface area contributed by atoms with Gasteiger partial charge in [0.2, 0.25) is 0 Å². The summed E-state index contributed by atoms with van der Waals surface area (Å²) in [5.41, 5.74) is 4.88. The standard InChI is InChI=1S/C16H16BrFO/c1-10-6-11(2)14(12(3)7-10)9-19-13-4-5-16(18)15(17)8-13/h4-8H,9H2,1-3H3. The molecule has 0 atom stereocenters. The third-order valence-corrected chi connectivity index (χ3v) is 3.72. The number of hydrogen-bond donors (Lipinski definition) is 0. The van der Waals surface area contributed by atoms with E-state index >= 15 is 0 Å². The molecule has 19 heavy (non-hydrogen) atoms. The fourth-order valence-electron chi connectivity index (χ4n) is 2.16. The lowest BCUT2D eigenvalue weighted by atomic mass is 10.0. The lowest BCUT2D eigenvalue weighted by molar-refractivity contribution is 0.304. The van der Waals surface area contributed by atoms with Gasteiger partial charge >= 0.3 is 0 Å². The number of ether oxygens (including phenoxy) is 1. The van der Waals surface area contributed by atoms with Gasteiger partial charge in [-0.3, -0.25) is 0 Å². The Morgan fingerprint density at radius 2 is 1.68 bits per heavy atom. The predicted molar refractivity (Wildman–Crippen MR) is 79.1 cm³/mol. The summed E-state index contributed by atoms with van der Waals surface area (Å²) in [7, 11) is 0. The highest BCUT2D eigenvalue weighted by Crippen LogP contribution is 2.24. The monoisotopic (exact) mass is 322 g/mol. The van der Waals surface area contributed by atoms with Crippen molar-refractivity contribution in [3.05, 3.63) is 62.9 Å². The van der Waals surface area contributed by atoms with Gasteiger partial charge in [-0.05, 0) is 71.6 Å². The quantitative estimate of drug-likeness (QED) is 0.764. The van der Waals surface area contributed by atoms with E-state index in [1.54, 1.807) is 12.1 Å². The van der Waals surface area contributed by atoms with Gasteiger partial charge in [0.05, 0.1) is 4.47 Å². The zero-order chi connectivity index (χ0) is 14.0. The Morgan fingerprint density at radius 3 is 2.26 bits per heavy atom. The van der Waals surface area contributed by atoms with Crippen LogP contribution in [0.2, 0.25) is 0 Å². The molecule has 0 heterocycles. The van der Waals surface area contributed by atoms with Gasteiger partial charge in [0, 0.05) is 0 Å². The molecule has 0 fully saturated rings. The molecule has 0 aliphatic rings. The van der Waals surface area contributed by atoms with Crippen molar-refractivity contribution in [1.29, 1.82) is 0 Å². The Hall–Kier alpha value is -1.35. The van der Waals surface area contributed by atoms with Crippen molar-refractivity contribution in [1.82, 2.24) is 0 Å². The summed E-state index contributed by atoms with van der Waals surface area (Å²) in [5.74, 6) is 0.377. The Labute approximate surface area is 121 Å². The van der Waals surface area contributed by atoms with E-state index in [2.05, 4.69) is 48.8 Å². The van der Waals surface area contributed by atoms with Crippen LogP contribution in [0.3, 0.4) is 0 Å². The van der Waals surface area contributed by atoms with Gasteiger partial charge in [-0.15, -0.1) is 0 Å². The molecular formula is C16H16BrFO. The molecule has 0 bridgehead atoms. The largest absolute Gasteiger partial charge is 0.489 e. The number of aryl methyl sites for hydroxylation is 3. The van der Waals surface area contributed by atoms with Crippen LogP contribution in [-0.2, 0) is 6.61 Å². The third-order valence-electron chi connectivity index (χ3n) is 3.11. The van der Waals surface area contributed by atoms with Gasteiger partial charge in [0.1, 0.15) is 18.2 Å². The molecule has 0 unspecified atom stereocenters. The van der Waals surface area contributed by atoms with Crippen LogP contribution in [0.5, 0.6) is 5.75 Å². The van der Waals surface area contributed by atoms with E-state index in [0.29, 0.717) is 16.8 Å². The predicted octanol–water partition coefficient (Wildman–Crippen LogP) is 5.09. The minimum atomic E-state index is -0.282. The summed E-state index contributed by atoms with van der Waals surface area (Å²) < 4.78 is 19.3. The summed E-state index contributed by atoms with van der Waals surface area (Å²) in [6.45, 7) is 6.75. The summed E-state index contributed by atoms with van der Waals surface area (Å²) >= 11 is 3.16. The highest BCUT2D eigenvalue weighted by molar-refractivity contribution is 9.10. The van der Waals surface area contributed by atoms with Gasteiger partial charge in [-0.2, -0.15) is 0 Å². The van der Waals surface area contributed by atoms with Crippen LogP contribution >= 0.6 is 15.9 Å². The minimum Gasteiger partial charge on any atom is -0.489 e. The van der Waals surface area contributed by atoms with E-state index in [-0.39, 0.29) is 5.82 Å². The minimum absolute atomic E-state index is 0.282. The molecule has 0 aliphatic heterocycles. The Balaban J connectivity index is 2.16. The van der Waals surface area contributed by atoms with Crippen LogP contribution in [0.25, 0.3) is 0 Å². The molecule has 100 valence electrons. The second kappa shape index (κ2) is 5.74. The molecule has 0 radical (unpaired) electrons.